The van der Waals surface area contributed by atoms with Crippen LogP contribution in [0.1, 0.15) is 16.8 Å². The Morgan fingerprint density at radius 3 is 1.83 bits per heavy atom. The Morgan fingerprint density at radius 1 is 0.708 bits per heavy atom. The summed E-state index contributed by atoms with van der Waals surface area (Å²) in [5, 5.41) is 0. The topological polar surface area (TPSA) is 16.1 Å². The normalized spacial score (nSPS) is 11.2. The molecule has 0 bridgehead atoms. The first-order valence-corrected chi connectivity index (χ1v) is 8.28. The number of pyridine rings is 1. The molecule has 2 heteroatoms. The second-order valence-electron chi connectivity index (χ2n) is 5.80. The minimum absolute atomic E-state index is 0.889. The third-order valence-electron chi connectivity index (χ3n) is 3.84. The van der Waals surface area contributed by atoms with Gasteiger partial charge in [-0.2, -0.15) is 0 Å². The van der Waals surface area contributed by atoms with E-state index in [9.17, 15) is 0 Å². The van der Waals surface area contributed by atoms with E-state index in [0.717, 1.165) is 25.3 Å². The van der Waals surface area contributed by atoms with Crippen LogP contribution in [-0.4, -0.2) is 16.4 Å². The third-order valence-corrected chi connectivity index (χ3v) is 3.84. The molecule has 0 amide bonds. The summed E-state index contributed by atoms with van der Waals surface area (Å²) in [7, 11) is 0. The first-order valence-electron chi connectivity index (χ1n) is 8.28. The number of benzene rings is 2. The molecule has 120 valence electrons. The lowest BCUT2D eigenvalue weighted by atomic mass is 10.1. The summed E-state index contributed by atoms with van der Waals surface area (Å²) in [6.07, 6.45) is 6.10. The van der Waals surface area contributed by atoms with Crippen LogP contribution in [0.5, 0.6) is 0 Å². The molecule has 2 aromatic carbocycles. The molecule has 0 saturated carbocycles. The second kappa shape index (κ2) is 8.80. The molecule has 0 unspecified atom stereocenters. The van der Waals surface area contributed by atoms with Gasteiger partial charge >= 0.3 is 0 Å². The number of hydrogen-bond acceptors (Lipinski definition) is 2. The Hall–Kier alpha value is -2.71. The summed E-state index contributed by atoms with van der Waals surface area (Å²) in [6, 6.07) is 27.2. The Morgan fingerprint density at radius 2 is 1.29 bits per heavy atom. The van der Waals surface area contributed by atoms with E-state index in [2.05, 4.69) is 82.7 Å². The lowest BCUT2D eigenvalue weighted by molar-refractivity contribution is 0.286. The van der Waals surface area contributed by atoms with Crippen LogP contribution in [0.15, 0.2) is 91.1 Å². The molecule has 2 nitrogen and oxygen atoms in total. The highest BCUT2D eigenvalue weighted by Crippen LogP contribution is 2.10. The van der Waals surface area contributed by atoms with Crippen molar-refractivity contribution < 1.29 is 0 Å². The van der Waals surface area contributed by atoms with E-state index in [0.29, 0.717) is 0 Å². The summed E-state index contributed by atoms with van der Waals surface area (Å²) in [4.78, 5) is 6.77. The smallest absolute Gasteiger partial charge is 0.0626 e. The monoisotopic (exact) mass is 314 g/mol. The van der Waals surface area contributed by atoms with Gasteiger partial charge in [0.2, 0.25) is 0 Å². The predicted octanol–water partition coefficient (Wildman–Crippen LogP) is 4.80. The van der Waals surface area contributed by atoms with E-state index in [-0.39, 0.29) is 0 Å². The average molecular weight is 314 g/mol. The van der Waals surface area contributed by atoms with Gasteiger partial charge in [-0.3, -0.25) is 9.88 Å². The van der Waals surface area contributed by atoms with Crippen molar-refractivity contribution in [3.8, 4) is 0 Å². The molecule has 0 aliphatic rings. The number of hydrogen-bond donors (Lipinski definition) is 0. The minimum Gasteiger partial charge on any atom is -0.291 e. The van der Waals surface area contributed by atoms with Crippen molar-refractivity contribution in [1.29, 1.82) is 0 Å². The fourth-order valence-corrected chi connectivity index (χ4v) is 2.67. The lowest BCUT2D eigenvalue weighted by Gasteiger charge is -2.21. The first kappa shape index (κ1) is 16.2. The summed E-state index contributed by atoms with van der Waals surface area (Å²) < 4.78 is 0. The average Bonchev–Trinajstić information content (AvgIpc) is 2.64. The van der Waals surface area contributed by atoms with Gasteiger partial charge in [0, 0.05) is 25.8 Å². The van der Waals surface area contributed by atoms with Crippen LogP contribution in [-0.2, 0) is 13.1 Å². The molecule has 0 fully saturated rings. The molecule has 0 atom stereocenters. The van der Waals surface area contributed by atoms with Gasteiger partial charge < -0.3 is 0 Å². The third kappa shape index (κ3) is 5.18. The zero-order valence-electron chi connectivity index (χ0n) is 13.8. The summed E-state index contributed by atoms with van der Waals surface area (Å²) in [5.74, 6) is 0. The Labute approximate surface area is 144 Å². The van der Waals surface area contributed by atoms with Crippen LogP contribution < -0.4 is 0 Å². The van der Waals surface area contributed by atoms with Gasteiger partial charge in [-0.05, 0) is 29.3 Å². The van der Waals surface area contributed by atoms with Gasteiger partial charge in [-0.15, -0.1) is 0 Å². The van der Waals surface area contributed by atoms with Crippen molar-refractivity contribution in [1.82, 2.24) is 9.88 Å². The molecule has 0 saturated heterocycles. The Bertz CT molecular complexity index is 695. The highest BCUT2D eigenvalue weighted by atomic mass is 15.1. The van der Waals surface area contributed by atoms with Gasteiger partial charge in [0.15, 0.2) is 0 Å². The molecule has 0 spiro atoms. The van der Waals surface area contributed by atoms with Crippen molar-refractivity contribution in [2.75, 3.05) is 6.54 Å². The van der Waals surface area contributed by atoms with E-state index in [1.807, 2.05) is 24.4 Å². The van der Waals surface area contributed by atoms with Gasteiger partial charge in [0.25, 0.3) is 0 Å². The highest BCUT2D eigenvalue weighted by Gasteiger charge is 2.05. The highest BCUT2D eigenvalue weighted by molar-refractivity contribution is 5.43. The molecule has 0 aliphatic carbocycles. The Kier molecular flexibility index (Phi) is 5.93. The zero-order chi connectivity index (χ0) is 16.5. The lowest BCUT2D eigenvalue weighted by Crippen LogP contribution is -2.22. The molecule has 3 aromatic rings. The van der Waals surface area contributed by atoms with Crippen molar-refractivity contribution in [3.05, 3.63) is 108 Å². The van der Waals surface area contributed by atoms with E-state index in [1.165, 1.54) is 11.1 Å². The van der Waals surface area contributed by atoms with Crippen molar-refractivity contribution in [3.63, 3.8) is 0 Å². The molecule has 3 rings (SSSR count). The molecule has 0 N–H and O–H groups in total. The molecular weight excluding hydrogens is 292 g/mol. The van der Waals surface area contributed by atoms with Crippen LogP contribution in [0.3, 0.4) is 0 Å². The maximum Gasteiger partial charge on any atom is 0.0626 e. The van der Waals surface area contributed by atoms with Crippen LogP contribution in [0.4, 0.5) is 0 Å². The number of rotatable bonds is 7. The van der Waals surface area contributed by atoms with Crippen molar-refractivity contribution in [2.24, 2.45) is 0 Å². The molecular formula is C22H22N2. The van der Waals surface area contributed by atoms with E-state index < -0.39 is 0 Å². The second-order valence-corrected chi connectivity index (χ2v) is 5.80. The SMILES string of the molecule is C(=C\c1ccccn1)/CN(Cc1ccccc1)Cc1ccccc1. The number of nitrogens with zero attached hydrogens (tertiary/aromatic N) is 2. The van der Waals surface area contributed by atoms with Crippen LogP contribution in [0.25, 0.3) is 6.08 Å². The van der Waals surface area contributed by atoms with Crippen LogP contribution in [0.2, 0.25) is 0 Å². The largest absolute Gasteiger partial charge is 0.291 e. The molecule has 24 heavy (non-hydrogen) atoms. The van der Waals surface area contributed by atoms with Gasteiger partial charge in [0.1, 0.15) is 0 Å². The van der Waals surface area contributed by atoms with E-state index >= 15 is 0 Å². The van der Waals surface area contributed by atoms with E-state index in [4.69, 9.17) is 0 Å². The van der Waals surface area contributed by atoms with Gasteiger partial charge in [-0.25, -0.2) is 0 Å². The van der Waals surface area contributed by atoms with Gasteiger partial charge in [-0.1, -0.05) is 72.8 Å². The first-order chi connectivity index (χ1) is 11.9. The molecule has 1 heterocycles. The maximum absolute atomic E-state index is 4.34. The molecule has 0 radical (unpaired) electrons. The zero-order valence-corrected chi connectivity index (χ0v) is 13.8. The molecule has 0 aliphatic heterocycles. The Balaban J connectivity index is 1.68. The van der Waals surface area contributed by atoms with Gasteiger partial charge in [0.05, 0.1) is 5.69 Å². The fourth-order valence-electron chi connectivity index (χ4n) is 2.67. The van der Waals surface area contributed by atoms with E-state index in [1.54, 1.807) is 0 Å². The maximum atomic E-state index is 4.34. The molecule has 1 aromatic heterocycles. The quantitative estimate of drug-likeness (QED) is 0.623. The summed E-state index contributed by atoms with van der Waals surface area (Å²) in [6.45, 7) is 2.75. The summed E-state index contributed by atoms with van der Waals surface area (Å²) in [5.41, 5.74) is 3.66. The summed E-state index contributed by atoms with van der Waals surface area (Å²) >= 11 is 0. The fraction of sp³-hybridized carbons (Fsp3) is 0.136. The van der Waals surface area contributed by atoms with Crippen molar-refractivity contribution in [2.45, 2.75) is 13.1 Å². The number of aromatic nitrogens is 1. The standard InChI is InChI=1S/C22H22N2/c1-3-10-20(11-4-1)18-24(19-21-12-5-2-6-13-21)17-9-15-22-14-7-8-16-23-22/h1-16H,17-19H2/b15-9+. The predicted molar refractivity (Wildman–Crippen MR) is 100 cm³/mol. The van der Waals surface area contributed by atoms with Crippen LogP contribution >= 0.6 is 0 Å². The minimum atomic E-state index is 0.889. The van der Waals surface area contributed by atoms with Crippen molar-refractivity contribution >= 4 is 6.08 Å². The van der Waals surface area contributed by atoms with Crippen LogP contribution in [0, 0.1) is 0 Å².